The summed E-state index contributed by atoms with van der Waals surface area (Å²) in [5, 5.41) is 11.5. The number of thiophene rings is 1. The molecule has 0 aliphatic carbocycles. The van der Waals surface area contributed by atoms with Crippen molar-refractivity contribution in [3.05, 3.63) is 70.1 Å². The molecular weight excluding hydrogens is 424 g/mol. The first-order chi connectivity index (χ1) is 14.4. The molecule has 30 heavy (non-hydrogen) atoms. The molecule has 0 aliphatic rings. The van der Waals surface area contributed by atoms with E-state index in [1.54, 1.807) is 42.1 Å². The molecule has 0 radical (unpaired) electrons. The monoisotopic (exact) mass is 442 g/mol. The van der Waals surface area contributed by atoms with Crippen LogP contribution in [0, 0.1) is 6.92 Å². The van der Waals surface area contributed by atoms with Crippen molar-refractivity contribution in [2.24, 2.45) is 0 Å². The third-order valence-electron chi connectivity index (χ3n) is 4.58. The fraction of sp³-hybridized carbons (Fsp3) is 0.190. The second kappa shape index (κ2) is 8.33. The zero-order valence-electron chi connectivity index (χ0n) is 16.3. The molecular formula is C21H19ClN4O3S. The molecule has 9 heteroatoms. The highest BCUT2D eigenvalue weighted by atomic mass is 35.5. The summed E-state index contributed by atoms with van der Waals surface area (Å²) < 4.78 is 6.96. The number of carbonyl (C=O) groups excluding carboxylic acids is 2. The number of hydrogen-bond donors (Lipinski definition) is 2. The Morgan fingerprint density at radius 3 is 2.83 bits per heavy atom. The number of benzene rings is 1. The van der Waals surface area contributed by atoms with E-state index in [-0.39, 0.29) is 18.4 Å². The maximum atomic E-state index is 12.7. The van der Waals surface area contributed by atoms with E-state index in [1.807, 2.05) is 25.1 Å². The summed E-state index contributed by atoms with van der Waals surface area (Å²) in [6.07, 6.45) is 1.54. The molecule has 1 atom stereocenters. The van der Waals surface area contributed by atoms with E-state index in [0.717, 1.165) is 21.6 Å². The summed E-state index contributed by atoms with van der Waals surface area (Å²) in [7, 11) is 0. The Balaban J connectivity index is 1.49. The van der Waals surface area contributed by atoms with Crippen LogP contribution in [0.15, 0.2) is 53.1 Å². The quantitative estimate of drug-likeness (QED) is 0.471. The molecule has 1 unspecified atom stereocenters. The van der Waals surface area contributed by atoms with Gasteiger partial charge in [0.2, 0.25) is 5.91 Å². The third kappa shape index (κ3) is 4.10. The number of hydrogen-bond acceptors (Lipinski definition) is 5. The Labute approximate surface area is 181 Å². The van der Waals surface area contributed by atoms with E-state index in [1.165, 1.54) is 11.3 Å². The summed E-state index contributed by atoms with van der Waals surface area (Å²) in [5.74, 6) is 0.0449. The number of aromatic nitrogens is 2. The number of fused-ring (bicyclic) bond motifs is 1. The van der Waals surface area contributed by atoms with Gasteiger partial charge < -0.3 is 15.1 Å². The molecule has 0 bridgehead atoms. The van der Waals surface area contributed by atoms with Crippen molar-refractivity contribution in [3.8, 4) is 5.69 Å². The Kier molecular flexibility index (Phi) is 5.61. The maximum absolute atomic E-state index is 12.7. The van der Waals surface area contributed by atoms with Gasteiger partial charge in [0.25, 0.3) is 5.91 Å². The lowest BCUT2D eigenvalue weighted by Crippen LogP contribution is -2.44. The fourth-order valence-electron chi connectivity index (χ4n) is 3.02. The second-order valence-electron chi connectivity index (χ2n) is 6.80. The number of nitrogens with one attached hydrogen (secondary N) is 2. The fourth-order valence-corrected chi connectivity index (χ4v) is 4.29. The van der Waals surface area contributed by atoms with Crippen molar-refractivity contribution in [2.45, 2.75) is 26.4 Å². The van der Waals surface area contributed by atoms with Gasteiger partial charge in [-0.15, -0.1) is 11.3 Å². The predicted molar refractivity (Wildman–Crippen MR) is 116 cm³/mol. The highest BCUT2D eigenvalue weighted by molar-refractivity contribution is 7.20. The van der Waals surface area contributed by atoms with E-state index in [9.17, 15) is 9.59 Å². The number of rotatable bonds is 6. The number of halogens is 1. The summed E-state index contributed by atoms with van der Waals surface area (Å²) in [5.41, 5.74) is 1.63. The summed E-state index contributed by atoms with van der Waals surface area (Å²) >= 11 is 7.43. The molecule has 3 heterocycles. The number of amides is 2. The zero-order valence-corrected chi connectivity index (χ0v) is 17.9. The molecule has 3 aromatic heterocycles. The minimum Gasteiger partial charge on any atom is -0.467 e. The average Bonchev–Trinajstić information content (AvgIpc) is 3.44. The van der Waals surface area contributed by atoms with E-state index >= 15 is 0 Å². The van der Waals surface area contributed by atoms with Gasteiger partial charge in [0.1, 0.15) is 16.6 Å². The summed E-state index contributed by atoms with van der Waals surface area (Å²) in [6, 6.07) is 12.0. The Hall–Kier alpha value is -3.10. The topological polar surface area (TPSA) is 89.2 Å². The third-order valence-corrected chi connectivity index (χ3v) is 5.92. The maximum Gasteiger partial charge on any atom is 0.262 e. The van der Waals surface area contributed by atoms with Crippen LogP contribution in [0.25, 0.3) is 15.9 Å². The lowest BCUT2D eigenvalue weighted by Gasteiger charge is -2.13. The van der Waals surface area contributed by atoms with E-state index in [0.29, 0.717) is 15.7 Å². The van der Waals surface area contributed by atoms with E-state index in [4.69, 9.17) is 16.0 Å². The number of furan rings is 1. The van der Waals surface area contributed by atoms with Crippen molar-refractivity contribution in [3.63, 3.8) is 0 Å². The standard InChI is InChI=1S/C21H19ClN4O3S/c1-12-17-10-18(30-21(17)26(25-12)15-6-3-5-14(22)9-15)20(28)24-13(2)19(27)23-11-16-7-4-8-29-16/h3-10,13H,11H2,1-2H3,(H,23,27)(H,24,28). The highest BCUT2D eigenvalue weighted by Crippen LogP contribution is 2.31. The van der Waals surface area contributed by atoms with Gasteiger partial charge in [0.05, 0.1) is 29.1 Å². The summed E-state index contributed by atoms with van der Waals surface area (Å²) in [6.45, 7) is 3.80. The molecule has 2 N–H and O–H groups in total. The minimum absolute atomic E-state index is 0.267. The van der Waals surface area contributed by atoms with Gasteiger partial charge in [-0.05, 0) is 50.2 Å². The molecule has 0 aliphatic heterocycles. The zero-order chi connectivity index (χ0) is 21.3. The van der Waals surface area contributed by atoms with Gasteiger partial charge in [-0.3, -0.25) is 9.59 Å². The number of nitrogens with zero attached hydrogens (tertiary/aromatic N) is 2. The van der Waals surface area contributed by atoms with Crippen molar-refractivity contribution in [1.82, 2.24) is 20.4 Å². The molecule has 4 aromatic rings. The normalized spacial score (nSPS) is 12.1. The first-order valence-electron chi connectivity index (χ1n) is 9.28. The van der Waals surface area contributed by atoms with E-state index < -0.39 is 6.04 Å². The molecule has 1 aromatic carbocycles. The smallest absolute Gasteiger partial charge is 0.262 e. The number of carbonyl (C=O) groups is 2. The molecule has 0 saturated carbocycles. The Morgan fingerprint density at radius 1 is 1.27 bits per heavy atom. The molecule has 0 saturated heterocycles. The second-order valence-corrected chi connectivity index (χ2v) is 8.27. The summed E-state index contributed by atoms with van der Waals surface area (Å²) in [4.78, 5) is 26.3. The van der Waals surface area contributed by atoms with E-state index in [2.05, 4.69) is 15.7 Å². The minimum atomic E-state index is -0.691. The van der Waals surface area contributed by atoms with Crippen molar-refractivity contribution in [2.75, 3.05) is 0 Å². The van der Waals surface area contributed by atoms with Gasteiger partial charge in [-0.25, -0.2) is 4.68 Å². The predicted octanol–water partition coefficient (Wildman–Crippen LogP) is 4.08. The first kappa shape index (κ1) is 20.2. The first-order valence-corrected chi connectivity index (χ1v) is 10.5. The van der Waals surface area contributed by atoms with Crippen LogP contribution in [0.5, 0.6) is 0 Å². The van der Waals surface area contributed by atoms with Crippen molar-refractivity contribution >= 4 is 45.0 Å². The molecule has 4 rings (SSSR count). The van der Waals surface area contributed by atoms with Crippen LogP contribution in [0.2, 0.25) is 5.02 Å². The van der Waals surface area contributed by atoms with Gasteiger partial charge >= 0.3 is 0 Å². The average molecular weight is 443 g/mol. The SMILES string of the molecule is Cc1nn(-c2cccc(Cl)c2)c2sc(C(=O)NC(C)C(=O)NCc3ccco3)cc12. The Bertz CT molecular complexity index is 1210. The molecule has 2 amide bonds. The lowest BCUT2D eigenvalue weighted by atomic mass is 10.2. The van der Waals surface area contributed by atoms with Gasteiger partial charge in [0, 0.05) is 10.4 Å². The van der Waals surface area contributed by atoms with Crippen LogP contribution in [-0.4, -0.2) is 27.6 Å². The van der Waals surface area contributed by atoms with Gasteiger partial charge in [0.15, 0.2) is 0 Å². The molecule has 7 nitrogen and oxygen atoms in total. The lowest BCUT2D eigenvalue weighted by molar-refractivity contribution is -0.122. The van der Waals surface area contributed by atoms with Crippen molar-refractivity contribution < 1.29 is 14.0 Å². The van der Waals surface area contributed by atoms with Gasteiger partial charge in [-0.1, -0.05) is 17.7 Å². The van der Waals surface area contributed by atoms with Crippen LogP contribution in [-0.2, 0) is 11.3 Å². The van der Waals surface area contributed by atoms with Crippen LogP contribution >= 0.6 is 22.9 Å². The van der Waals surface area contributed by atoms with Gasteiger partial charge in [-0.2, -0.15) is 5.10 Å². The molecule has 0 spiro atoms. The molecule has 154 valence electrons. The molecule has 0 fully saturated rings. The largest absolute Gasteiger partial charge is 0.467 e. The van der Waals surface area contributed by atoms with Crippen LogP contribution in [0.3, 0.4) is 0 Å². The highest BCUT2D eigenvalue weighted by Gasteiger charge is 2.21. The van der Waals surface area contributed by atoms with Crippen molar-refractivity contribution in [1.29, 1.82) is 0 Å². The Morgan fingerprint density at radius 2 is 2.10 bits per heavy atom. The number of aryl methyl sites for hydroxylation is 1. The van der Waals surface area contributed by atoms with Crippen LogP contribution in [0.4, 0.5) is 0 Å². The van der Waals surface area contributed by atoms with Crippen LogP contribution in [0.1, 0.15) is 28.0 Å². The van der Waals surface area contributed by atoms with Crippen LogP contribution < -0.4 is 10.6 Å².